The molecule has 22 valence electrons. The zero-order chi connectivity index (χ0) is 4.00. The molecule has 4 heteroatoms. The van der Waals surface area contributed by atoms with Crippen LogP contribution in [0.3, 0.4) is 0 Å². The van der Waals surface area contributed by atoms with Crippen molar-refractivity contribution in [2.75, 3.05) is 0 Å². The molecule has 0 aliphatic rings. The van der Waals surface area contributed by atoms with Gasteiger partial charge in [0.25, 0.3) is 0 Å². The maximum atomic E-state index is 4.64. The SMILES string of the molecule is [Cl][Ti].[Cl][Ti]. The van der Waals surface area contributed by atoms with Gasteiger partial charge in [-0.2, -0.15) is 0 Å². The van der Waals surface area contributed by atoms with Gasteiger partial charge in [-0.15, -0.1) is 0 Å². The third-order valence-electron chi connectivity index (χ3n) is 0. The second-order valence-corrected chi connectivity index (χ2v) is 0. The van der Waals surface area contributed by atoms with E-state index in [1.807, 2.05) is 0 Å². The molecule has 0 spiro atoms. The van der Waals surface area contributed by atoms with Crippen molar-refractivity contribution in [2.24, 2.45) is 0 Å². The van der Waals surface area contributed by atoms with Crippen LogP contribution in [0.1, 0.15) is 0 Å². The van der Waals surface area contributed by atoms with E-state index in [1.165, 1.54) is 38.7 Å². The molecule has 0 bridgehead atoms. The summed E-state index contributed by atoms with van der Waals surface area (Å²) in [6, 6.07) is 0. The van der Waals surface area contributed by atoms with Crippen molar-refractivity contribution >= 4 is 18.6 Å². The molecule has 0 fully saturated rings. The third-order valence-corrected chi connectivity index (χ3v) is 0. The molecular weight excluding hydrogens is 167 g/mol. The van der Waals surface area contributed by atoms with Crippen LogP contribution in [0, 0.1) is 0 Å². The Kier molecular flexibility index (Phi) is 46.8. The average Bonchev–Trinajstić information content (AvgIpc) is 1.50. The van der Waals surface area contributed by atoms with E-state index in [0.29, 0.717) is 0 Å². The molecule has 0 atom stereocenters. The van der Waals surface area contributed by atoms with Gasteiger partial charge in [0.05, 0.1) is 0 Å². The van der Waals surface area contributed by atoms with Crippen molar-refractivity contribution in [2.45, 2.75) is 0 Å². The fourth-order valence-corrected chi connectivity index (χ4v) is 0. The molecule has 0 nitrogen and oxygen atoms in total. The van der Waals surface area contributed by atoms with Crippen LogP contribution in [0.15, 0.2) is 0 Å². The third kappa shape index (κ3) is 8.99. The van der Waals surface area contributed by atoms with E-state index >= 15 is 0 Å². The van der Waals surface area contributed by atoms with E-state index in [4.69, 9.17) is 0 Å². The molecule has 0 N–H and O–H groups in total. The molecule has 4 heavy (non-hydrogen) atoms. The molecule has 0 aromatic heterocycles. The van der Waals surface area contributed by atoms with Crippen molar-refractivity contribution in [3.63, 3.8) is 0 Å². The molecule has 0 saturated heterocycles. The maximum absolute atomic E-state index is 4.64. The van der Waals surface area contributed by atoms with Crippen molar-refractivity contribution in [3.05, 3.63) is 0 Å². The van der Waals surface area contributed by atoms with Crippen LogP contribution < -0.4 is 0 Å². The standard InChI is InChI=1S/2ClH.2Ti/h2*1H;;/q;;2*+1/p-2. The van der Waals surface area contributed by atoms with Crippen LogP contribution in [-0.4, -0.2) is 0 Å². The summed E-state index contributed by atoms with van der Waals surface area (Å²) in [5.74, 6) is 0. The summed E-state index contributed by atoms with van der Waals surface area (Å²) in [4.78, 5) is 0. The Bertz CT molecular complexity index is 4.00. The fraction of sp³-hybridized carbons (Fsp3) is 0. The molecule has 0 aromatic carbocycles. The Balaban J connectivity index is 0. The second kappa shape index (κ2) is 19.9. The molecule has 0 unspecified atom stereocenters. The van der Waals surface area contributed by atoms with Gasteiger partial charge in [0.1, 0.15) is 0 Å². The zero-order valence-electron chi connectivity index (χ0n) is 1.76. The first-order valence-electron chi connectivity index (χ1n) is 0.378. The monoisotopic (exact) mass is 166 g/mol. The quantitative estimate of drug-likeness (QED) is 0.477. The first-order chi connectivity index (χ1) is 2.00. The summed E-state index contributed by atoms with van der Waals surface area (Å²) < 4.78 is 0. The van der Waals surface area contributed by atoms with Crippen LogP contribution >= 0.6 is 18.6 Å². The van der Waals surface area contributed by atoms with Crippen LogP contribution in [0.4, 0.5) is 0 Å². The predicted octanol–water partition coefficient (Wildman–Crippen LogP) is 1.37. The first kappa shape index (κ1) is 9.38. The minimum atomic E-state index is 1.47. The Hall–Kier alpha value is 2.01. The molecule has 0 radical (unpaired) electrons. The molecule has 0 rings (SSSR count). The van der Waals surface area contributed by atoms with Gasteiger partial charge in [-0.1, -0.05) is 0 Å². The summed E-state index contributed by atoms with van der Waals surface area (Å²) in [5, 5.41) is 0. The molecule has 0 heterocycles. The molecular formula is Cl2Ti2. The van der Waals surface area contributed by atoms with Gasteiger partial charge in [-0.3, -0.25) is 0 Å². The van der Waals surface area contributed by atoms with Crippen LogP contribution in [0.5, 0.6) is 0 Å². The van der Waals surface area contributed by atoms with Gasteiger partial charge in [-0.05, 0) is 0 Å². The molecule has 0 aliphatic heterocycles. The van der Waals surface area contributed by atoms with Crippen molar-refractivity contribution in [1.82, 2.24) is 0 Å². The molecule has 0 amide bonds. The number of rotatable bonds is 0. The van der Waals surface area contributed by atoms with Gasteiger partial charge in [-0.25, -0.2) is 0 Å². The molecule has 0 aromatic rings. The van der Waals surface area contributed by atoms with Gasteiger partial charge in [0, 0.05) is 0 Å². The van der Waals surface area contributed by atoms with E-state index in [0.717, 1.165) is 0 Å². The van der Waals surface area contributed by atoms with E-state index in [-0.39, 0.29) is 0 Å². The summed E-state index contributed by atoms with van der Waals surface area (Å²) in [6.45, 7) is 0. The second-order valence-electron chi connectivity index (χ2n) is 0. The van der Waals surface area contributed by atoms with Crippen molar-refractivity contribution in [3.8, 4) is 0 Å². The number of hydrogen-bond acceptors (Lipinski definition) is 0. The van der Waals surface area contributed by atoms with E-state index < -0.39 is 0 Å². The van der Waals surface area contributed by atoms with Gasteiger partial charge < -0.3 is 0 Å². The Morgan fingerprint density at radius 2 is 0.750 bits per heavy atom. The molecule has 0 aliphatic carbocycles. The normalized spacial score (nSPS) is 2.00. The number of halogens is 2. The minimum absolute atomic E-state index is 1.47. The Labute approximate surface area is 56.8 Å². The first-order valence-corrected chi connectivity index (χ1v) is 4.68. The fourth-order valence-electron chi connectivity index (χ4n) is 0. The van der Waals surface area contributed by atoms with Crippen LogP contribution in [0.25, 0.3) is 0 Å². The van der Waals surface area contributed by atoms with E-state index in [9.17, 15) is 0 Å². The van der Waals surface area contributed by atoms with Gasteiger partial charge in [0.2, 0.25) is 0 Å². The van der Waals surface area contributed by atoms with Crippen LogP contribution in [0.2, 0.25) is 0 Å². The summed E-state index contributed by atoms with van der Waals surface area (Å²) in [5.41, 5.74) is 0. The summed E-state index contributed by atoms with van der Waals surface area (Å²) >= 11 is 2.94. The van der Waals surface area contributed by atoms with Crippen molar-refractivity contribution < 1.29 is 38.7 Å². The average molecular weight is 167 g/mol. The Morgan fingerprint density at radius 3 is 0.750 bits per heavy atom. The Morgan fingerprint density at radius 1 is 0.750 bits per heavy atom. The van der Waals surface area contributed by atoms with Gasteiger partial charge >= 0.3 is 57.4 Å². The van der Waals surface area contributed by atoms with E-state index in [2.05, 4.69) is 18.6 Å². The number of hydrogen-bond donors (Lipinski definition) is 0. The topological polar surface area (TPSA) is 0 Å². The zero-order valence-corrected chi connectivity index (χ0v) is 6.39. The van der Waals surface area contributed by atoms with Crippen LogP contribution in [-0.2, 0) is 38.7 Å². The van der Waals surface area contributed by atoms with Gasteiger partial charge in [0.15, 0.2) is 0 Å². The predicted molar refractivity (Wildman–Crippen MR) is 11.7 cm³/mol. The summed E-state index contributed by atoms with van der Waals surface area (Å²) in [7, 11) is 9.28. The van der Waals surface area contributed by atoms with E-state index in [1.54, 1.807) is 0 Å². The van der Waals surface area contributed by atoms with Crippen molar-refractivity contribution in [1.29, 1.82) is 0 Å². The molecule has 0 saturated carbocycles. The summed E-state index contributed by atoms with van der Waals surface area (Å²) in [6.07, 6.45) is 0.